The lowest BCUT2D eigenvalue weighted by Gasteiger charge is -2.11. The van der Waals surface area contributed by atoms with Gasteiger partial charge in [-0.1, -0.05) is 0 Å². The highest BCUT2D eigenvalue weighted by Gasteiger charge is 2.09. The summed E-state index contributed by atoms with van der Waals surface area (Å²) in [4.78, 5) is 11.4. The Bertz CT molecular complexity index is 285. The summed E-state index contributed by atoms with van der Waals surface area (Å²) in [5.74, 6) is 0.0113. The van der Waals surface area contributed by atoms with E-state index >= 15 is 0 Å². The number of hydrogen-bond acceptors (Lipinski definition) is 3. The Morgan fingerprint density at radius 3 is 3.07 bits per heavy atom. The first-order chi connectivity index (χ1) is 7.24. The van der Waals surface area contributed by atoms with Gasteiger partial charge in [-0.15, -0.1) is 0 Å². The molecule has 0 aliphatic rings. The van der Waals surface area contributed by atoms with E-state index in [4.69, 9.17) is 5.11 Å². The van der Waals surface area contributed by atoms with Crippen LogP contribution < -0.4 is 5.32 Å². The van der Waals surface area contributed by atoms with Gasteiger partial charge in [0.2, 0.25) is 5.91 Å². The summed E-state index contributed by atoms with van der Waals surface area (Å²) in [6, 6.07) is -0.0228. The summed E-state index contributed by atoms with van der Waals surface area (Å²) in [6.07, 6.45) is 5.31. The van der Waals surface area contributed by atoms with Gasteiger partial charge in [-0.2, -0.15) is 5.10 Å². The molecule has 1 rings (SSSR count). The standard InChI is InChI=1S/C10H17N3O2/c1-8(9-6-11-12-7-9)13-10(15)4-2-3-5-14/h6-8,14H,2-5H2,1H3,(H,11,12)(H,13,15). The molecule has 1 atom stereocenters. The van der Waals surface area contributed by atoms with Crippen LogP contribution in [0.5, 0.6) is 0 Å². The minimum Gasteiger partial charge on any atom is -0.396 e. The van der Waals surface area contributed by atoms with Gasteiger partial charge in [0.1, 0.15) is 0 Å². The van der Waals surface area contributed by atoms with E-state index in [1.165, 1.54) is 0 Å². The number of aromatic nitrogens is 2. The first-order valence-corrected chi connectivity index (χ1v) is 5.13. The van der Waals surface area contributed by atoms with Crippen molar-refractivity contribution >= 4 is 5.91 Å². The largest absolute Gasteiger partial charge is 0.396 e. The topological polar surface area (TPSA) is 78.0 Å². The lowest BCUT2D eigenvalue weighted by Crippen LogP contribution is -2.26. The van der Waals surface area contributed by atoms with Gasteiger partial charge in [0.15, 0.2) is 0 Å². The van der Waals surface area contributed by atoms with Crippen molar-refractivity contribution in [1.82, 2.24) is 15.5 Å². The van der Waals surface area contributed by atoms with E-state index in [1.54, 1.807) is 12.4 Å². The van der Waals surface area contributed by atoms with Gasteiger partial charge in [0.25, 0.3) is 0 Å². The maximum absolute atomic E-state index is 11.4. The molecule has 5 nitrogen and oxygen atoms in total. The van der Waals surface area contributed by atoms with E-state index in [1.807, 2.05) is 6.92 Å². The number of carbonyl (C=O) groups excluding carboxylic acids is 1. The minimum atomic E-state index is -0.0228. The van der Waals surface area contributed by atoms with E-state index in [2.05, 4.69) is 15.5 Å². The van der Waals surface area contributed by atoms with Gasteiger partial charge in [-0.05, 0) is 19.8 Å². The van der Waals surface area contributed by atoms with Gasteiger partial charge in [-0.3, -0.25) is 9.89 Å². The lowest BCUT2D eigenvalue weighted by molar-refractivity contribution is -0.121. The molecule has 0 saturated heterocycles. The Morgan fingerprint density at radius 2 is 2.47 bits per heavy atom. The van der Waals surface area contributed by atoms with Crippen LogP contribution in [0.2, 0.25) is 0 Å². The van der Waals surface area contributed by atoms with Crippen molar-refractivity contribution in [2.24, 2.45) is 0 Å². The number of rotatable bonds is 6. The maximum atomic E-state index is 11.4. The van der Waals surface area contributed by atoms with Crippen LogP contribution in [0.15, 0.2) is 12.4 Å². The summed E-state index contributed by atoms with van der Waals surface area (Å²) >= 11 is 0. The van der Waals surface area contributed by atoms with Crippen LogP contribution in [0.3, 0.4) is 0 Å². The molecule has 0 aliphatic carbocycles. The number of unbranched alkanes of at least 4 members (excludes halogenated alkanes) is 1. The highest BCUT2D eigenvalue weighted by Crippen LogP contribution is 2.09. The molecular weight excluding hydrogens is 194 g/mol. The molecule has 15 heavy (non-hydrogen) atoms. The Labute approximate surface area is 88.9 Å². The lowest BCUT2D eigenvalue weighted by atomic mass is 10.1. The molecule has 0 spiro atoms. The zero-order valence-electron chi connectivity index (χ0n) is 8.86. The monoisotopic (exact) mass is 211 g/mol. The molecule has 1 aromatic heterocycles. The number of aliphatic hydroxyl groups is 1. The van der Waals surface area contributed by atoms with Crippen molar-refractivity contribution in [3.05, 3.63) is 18.0 Å². The van der Waals surface area contributed by atoms with Crippen LogP contribution in [0, 0.1) is 0 Å². The SMILES string of the molecule is CC(NC(=O)CCCCO)c1cn[nH]c1. The smallest absolute Gasteiger partial charge is 0.220 e. The quantitative estimate of drug-likeness (QED) is 0.607. The second kappa shape index (κ2) is 6.19. The number of H-pyrrole nitrogens is 1. The summed E-state index contributed by atoms with van der Waals surface area (Å²) in [6.45, 7) is 2.05. The molecule has 0 aromatic carbocycles. The number of nitrogens with one attached hydrogen (secondary N) is 2. The summed E-state index contributed by atoms with van der Waals surface area (Å²) in [5.41, 5.74) is 0.963. The second-order valence-electron chi connectivity index (χ2n) is 3.50. The molecule has 84 valence electrons. The fourth-order valence-electron chi connectivity index (χ4n) is 1.29. The van der Waals surface area contributed by atoms with Crippen molar-refractivity contribution < 1.29 is 9.90 Å². The van der Waals surface area contributed by atoms with Crippen molar-refractivity contribution in [1.29, 1.82) is 0 Å². The molecule has 1 unspecified atom stereocenters. The van der Waals surface area contributed by atoms with Gasteiger partial charge >= 0.3 is 0 Å². The number of aromatic amines is 1. The molecular formula is C10H17N3O2. The van der Waals surface area contributed by atoms with E-state index < -0.39 is 0 Å². The van der Waals surface area contributed by atoms with Crippen LogP contribution in [0.4, 0.5) is 0 Å². The van der Waals surface area contributed by atoms with Crippen LogP contribution in [0.25, 0.3) is 0 Å². The maximum Gasteiger partial charge on any atom is 0.220 e. The molecule has 1 amide bonds. The van der Waals surface area contributed by atoms with E-state index in [0.717, 1.165) is 12.0 Å². The number of hydrogen-bond donors (Lipinski definition) is 3. The normalized spacial score (nSPS) is 12.4. The average molecular weight is 211 g/mol. The highest BCUT2D eigenvalue weighted by molar-refractivity contribution is 5.76. The predicted molar refractivity (Wildman–Crippen MR) is 56.1 cm³/mol. The fraction of sp³-hybridized carbons (Fsp3) is 0.600. The first kappa shape index (κ1) is 11.7. The third kappa shape index (κ3) is 4.12. The molecule has 0 aliphatic heterocycles. The molecule has 0 bridgehead atoms. The zero-order valence-corrected chi connectivity index (χ0v) is 8.86. The van der Waals surface area contributed by atoms with Gasteiger partial charge in [-0.25, -0.2) is 0 Å². The van der Waals surface area contributed by atoms with E-state index in [9.17, 15) is 4.79 Å². The summed E-state index contributed by atoms with van der Waals surface area (Å²) in [7, 11) is 0. The summed E-state index contributed by atoms with van der Waals surface area (Å²) < 4.78 is 0. The first-order valence-electron chi connectivity index (χ1n) is 5.13. The Balaban J connectivity index is 2.26. The number of carbonyl (C=O) groups is 1. The predicted octanol–water partition coefficient (Wildman–Crippen LogP) is 0.749. The molecule has 0 saturated carbocycles. The van der Waals surface area contributed by atoms with Gasteiger partial charge in [0, 0.05) is 24.8 Å². The van der Waals surface area contributed by atoms with E-state index in [-0.39, 0.29) is 18.6 Å². The highest BCUT2D eigenvalue weighted by atomic mass is 16.2. The van der Waals surface area contributed by atoms with Crippen molar-refractivity contribution in [3.8, 4) is 0 Å². The summed E-state index contributed by atoms with van der Waals surface area (Å²) in [5, 5.41) is 17.9. The molecule has 1 heterocycles. The van der Waals surface area contributed by atoms with Crippen molar-refractivity contribution in [2.45, 2.75) is 32.2 Å². The molecule has 3 N–H and O–H groups in total. The van der Waals surface area contributed by atoms with Crippen molar-refractivity contribution in [3.63, 3.8) is 0 Å². The van der Waals surface area contributed by atoms with Crippen LogP contribution in [0.1, 0.15) is 37.8 Å². The van der Waals surface area contributed by atoms with Crippen molar-refractivity contribution in [2.75, 3.05) is 6.61 Å². The molecule has 1 aromatic rings. The number of amides is 1. The zero-order chi connectivity index (χ0) is 11.1. The van der Waals surface area contributed by atoms with E-state index in [0.29, 0.717) is 12.8 Å². The Morgan fingerprint density at radius 1 is 1.67 bits per heavy atom. The second-order valence-corrected chi connectivity index (χ2v) is 3.50. The third-order valence-electron chi connectivity index (χ3n) is 2.21. The number of aliphatic hydroxyl groups excluding tert-OH is 1. The fourth-order valence-corrected chi connectivity index (χ4v) is 1.29. The Hall–Kier alpha value is -1.36. The molecule has 5 heteroatoms. The Kier molecular flexibility index (Phi) is 4.83. The van der Waals surface area contributed by atoms with Crippen LogP contribution in [-0.4, -0.2) is 27.8 Å². The van der Waals surface area contributed by atoms with Crippen LogP contribution >= 0.6 is 0 Å². The number of nitrogens with zero attached hydrogens (tertiary/aromatic N) is 1. The van der Waals surface area contributed by atoms with Gasteiger partial charge < -0.3 is 10.4 Å². The average Bonchev–Trinajstić information content (AvgIpc) is 2.70. The minimum absolute atomic E-state index is 0.0113. The van der Waals surface area contributed by atoms with Gasteiger partial charge in [0.05, 0.1) is 12.2 Å². The van der Waals surface area contributed by atoms with Crippen LogP contribution in [-0.2, 0) is 4.79 Å². The molecule has 0 fully saturated rings. The third-order valence-corrected chi connectivity index (χ3v) is 2.21. The molecule has 0 radical (unpaired) electrons.